The van der Waals surface area contributed by atoms with Crippen molar-refractivity contribution in [1.82, 2.24) is 19.5 Å². The topological polar surface area (TPSA) is 95.2 Å². The monoisotopic (exact) mass is 474 g/mol. The van der Waals surface area contributed by atoms with Gasteiger partial charge in [0.15, 0.2) is 5.65 Å². The predicted octanol–water partition coefficient (Wildman–Crippen LogP) is 1.71. The van der Waals surface area contributed by atoms with Crippen LogP contribution in [0.25, 0.3) is 5.65 Å². The number of benzene rings is 1. The summed E-state index contributed by atoms with van der Waals surface area (Å²) in [4.78, 5) is 20.8. The number of hydrogen-bond acceptors (Lipinski definition) is 7. The van der Waals surface area contributed by atoms with Crippen LogP contribution in [-0.2, 0) is 6.42 Å². The zero-order valence-electron chi connectivity index (χ0n) is 17.9. The van der Waals surface area contributed by atoms with Crippen LogP contribution in [0.2, 0.25) is 0 Å². The number of carbonyl (C=O) groups is 1. The van der Waals surface area contributed by atoms with E-state index in [1.165, 1.54) is 15.6 Å². The molecule has 0 bridgehead atoms. The van der Waals surface area contributed by atoms with Gasteiger partial charge < -0.3 is 20.1 Å². The highest BCUT2D eigenvalue weighted by molar-refractivity contribution is 6.09. The van der Waals surface area contributed by atoms with Crippen LogP contribution in [0.15, 0.2) is 36.8 Å². The first-order valence-corrected chi connectivity index (χ1v) is 10.9. The highest BCUT2D eigenvalue weighted by atomic mass is 19.4. The minimum Gasteiger partial charge on any atom is -0.487 e. The molecule has 3 aromatic rings. The molecular formula is C22H21F3N6O3. The Bertz CT molecular complexity index is 1280. The van der Waals surface area contributed by atoms with Crippen LogP contribution in [0.4, 0.5) is 24.5 Å². The molecule has 12 heteroatoms. The lowest BCUT2D eigenvalue weighted by atomic mass is 9.84. The van der Waals surface area contributed by atoms with Gasteiger partial charge in [-0.1, -0.05) is 0 Å². The number of aliphatic hydroxyl groups is 1. The second-order valence-electron chi connectivity index (χ2n) is 8.84. The van der Waals surface area contributed by atoms with E-state index in [0.29, 0.717) is 47.8 Å². The summed E-state index contributed by atoms with van der Waals surface area (Å²) in [6, 6.07) is 5.09. The van der Waals surface area contributed by atoms with Gasteiger partial charge in [-0.25, -0.2) is 9.50 Å². The number of amides is 1. The molecule has 3 atom stereocenters. The average Bonchev–Trinajstić information content (AvgIpc) is 3.39. The van der Waals surface area contributed by atoms with E-state index in [0.717, 1.165) is 5.56 Å². The summed E-state index contributed by atoms with van der Waals surface area (Å²) in [7, 11) is 0. The van der Waals surface area contributed by atoms with Gasteiger partial charge in [0, 0.05) is 49.6 Å². The molecule has 1 amide bonds. The van der Waals surface area contributed by atoms with Crippen molar-refractivity contribution in [3.63, 3.8) is 0 Å². The largest absolute Gasteiger partial charge is 0.487 e. The third-order valence-corrected chi connectivity index (χ3v) is 6.71. The van der Waals surface area contributed by atoms with E-state index in [2.05, 4.69) is 15.4 Å². The Morgan fingerprint density at radius 3 is 2.85 bits per heavy atom. The van der Waals surface area contributed by atoms with Gasteiger partial charge >= 0.3 is 6.18 Å². The lowest BCUT2D eigenvalue weighted by Gasteiger charge is -2.63. The smallest absolute Gasteiger partial charge is 0.401 e. The molecule has 1 aromatic carbocycles. The van der Waals surface area contributed by atoms with Crippen LogP contribution in [0.3, 0.4) is 0 Å². The maximum atomic E-state index is 13.1. The molecule has 0 saturated carbocycles. The number of anilines is 2. The third-order valence-electron chi connectivity index (χ3n) is 6.71. The van der Waals surface area contributed by atoms with Gasteiger partial charge in [0.2, 0.25) is 0 Å². The van der Waals surface area contributed by atoms with Crippen LogP contribution in [0.1, 0.15) is 15.9 Å². The zero-order valence-corrected chi connectivity index (χ0v) is 17.9. The van der Waals surface area contributed by atoms with Crippen LogP contribution >= 0.6 is 0 Å². The van der Waals surface area contributed by atoms with Gasteiger partial charge in [-0.15, -0.1) is 0 Å². The lowest BCUT2D eigenvalue weighted by Crippen LogP contribution is -2.79. The number of alkyl halides is 3. The summed E-state index contributed by atoms with van der Waals surface area (Å²) in [6.07, 6.45) is 0.607. The van der Waals surface area contributed by atoms with Crippen LogP contribution in [0, 0.1) is 0 Å². The van der Waals surface area contributed by atoms with E-state index in [1.807, 2.05) is 11.0 Å². The standard InChI is InChI=1S/C22H21F3N6O3/c23-22(24,25)11-29-8-18-17(29)9-30(18)16-6-19-12(4-13(10-32)34-19)5-15(16)28-21(33)14-7-27-31-3-1-2-26-20(14)31/h1-3,5-7,13,17-18,32H,4,8-11H2,(H,28,33). The fourth-order valence-electron chi connectivity index (χ4n) is 5.00. The summed E-state index contributed by atoms with van der Waals surface area (Å²) >= 11 is 0. The number of rotatable bonds is 5. The molecule has 2 fully saturated rings. The Labute approximate surface area is 191 Å². The average molecular weight is 474 g/mol. The Morgan fingerprint density at radius 2 is 2.12 bits per heavy atom. The molecule has 2 aromatic heterocycles. The maximum absolute atomic E-state index is 13.1. The number of likely N-dealkylation sites (tertiary alicyclic amines) is 1. The molecule has 0 radical (unpaired) electrons. The fraction of sp³-hybridized carbons (Fsp3) is 0.409. The fourth-order valence-corrected chi connectivity index (χ4v) is 5.00. The summed E-state index contributed by atoms with van der Waals surface area (Å²) in [5.74, 6) is 0.219. The second kappa shape index (κ2) is 7.57. The van der Waals surface area contributed by atoms with E-state index >= 15 is 0 Å². The molecule has 3 aliphatic heterocycles. The summed E-state index contributed by atoms with van der Waals surface area (Å²) in [5, 5.41) is 16.6. The molecule has 178 valence electrons. The normalized spacial score (nSPS) is 23.6. The first-order chi connectivity index (χ1) is 16.3. The highest BCUT2D eigenvalue weighted by Crippen LogP contribution is 2.45. The molecule has 3 aliphatic rings. The molecule has 2 N–H and O–H groups in total. The van der Waals surface area contributed by atoms with Crippen LogP contribution in [-0.4, -0.2) is 81.1 Å². The lowest BCUT2D eigenvalue weighted by molar-refractivity contribution is -0.170. The molecule has 2 saturated heterocycles. The van der Waals surface area contributed by atoms with E-state index in [9.17, 15) is 23.1 Å². The highest BCUT2D eigenvalue weighted by Gasteiger charge is 2.54. The third kappa shape index (κ3) is 3.44. The maximum Gasteiger partial charge on any atom is 0.401 e. The van der Waals surface area contributed by atoms with E-state index in [-0.39, 0.29) is 24.8 Å². The van der Waals surface area contributed by atoms with Crippen molar-refractivity contribution in [2.75, 3.05) is 36.5 Å². The number of piperazine rings is 1. The summed E-state index contributed by atoms with van der Waals surface area (Å²) < 4.78 is 45.7. The Balaban J connectivity index is 1.28. The number of aliphatic hydroxyl groups excluding tert-OH is 1. The minimum absolute atomic E-state index is 0.0651. The van der Waals surface area contributed by atoms with Crippen molar-refractivity contribution < 1.29 is 27.8 Å². The number of carbonyl (C=O) groups excluding carboxylic acids is 1. The SMILES string of the molecule is O=C(Nc1cc2c(cc1N1CC3C1CN3CC(F)(F)F)OC(CO)C2)c1cnn2cccnc12. The Hall–Kier alpha value is -3.38. The number of ether oxygens (including phenoxy) is 1. The van der Waals surface area contributed by atoms with Crippen molar-refractivity contribution in [2.24, 2.45) is 0 Å². The Morgan fingerprint density at radius 1 is 1.26 bits per heavy atom. The van der Waals surface area contributed by atoms with E-state index in [1.54, 1.807) is 24.5 Å². The quantitative estimate of drug-likeness (QED) is 0.582. The van der Waals surface area contributed by atoms with Gasteiger partial charge in [0.05, 0.1) is 36.8 Å². The van der Waals surface area contributed by atoms with Gasteiger partial charge in [0.1, 0.15) is 17.4 Å². The van der Waals surface area contributed by atoms with Gasteiger partial charge in [-0.2, -0.15) is 18.3 Å². The van der Waals surface area contributed by atoms with Crippen molar-refractivity contribution in [3.05, 3.63) is 47.9 Å². The number of hydrogen-bond donors (Lipinski definition) is 2. The predicted molar refractivity (Wildman–Crippen MR) is 115 cm³/mol. The zero-order chi connectivity index (χ0) is 23.6. The van der Waals surface area contributed by atoms with Crippen LogP contribution in [0.5, 0.6) is 5.75 Å². The van der Waals surface area contributed by atoms with Crippen molar-refractivity contribution in [1.29, 1.82) is 0 Å². The van der Waals surface area contributed by atoms with Crippen molar-refractivity contribution in [3.8, 4) is 5.75 Å². The number of nitrogens with one attached hydrogen (secondary N) is 1. The number of aromatic nitrogens is 3. The molecule has 0 spiro atoms. The molecular weight excluding hydrogens is 453 g/mol. The summed E-state index contributed by atoms with van der Waals surface area (Å²) in [6.45, 7) is -0.337. The molecule has 3 unspecified atom stereocenters. The molecule has 5 heterocycles. The first-order valence-electron chi connectivity index (χ1n) is 10.9. The number of nitrogens with zero attached hydrogens (tertiary/aromatic N) is 5. The van der Waals surface area contributed by atoms with Gasteiger partial charge in [-0.3, -0.25) is 9.69 Å². The minimum atomic E-state index is -4.23. The number of fused-ring (bicyclic) bond motifs is 3. The molecule has 9 nitrogen and oxygen atoms in total. The molecule has 0 aliphatic carbocycles. The van der Waals surface area contributed by atoms with Crippen molar-refractivity contribution >= 4 is 22.9 Å². The summed E-state index contributed by atoms with van der Waals surface area (Å²) in [5.41, 5.74) is 2.78. The molecule has 6 rings (SSSR count). The Kier molecular flexibility index (Phi) is 4.71. The number of halogens is 3. The van der Waals surface area contributed by atoms with E-state index < -0.39 is 18.6 Å². The molecule has 34 heavy (non-hydrogen) atoms. The van der Waals surface area contributed by atoms with Crippen molar-refractivity contribution in [2.45, 2.75) is 30.8 Å². The van der Waals surface area contributed by atoms with Gasteiger partial charge in [-0.05, 0) is 12.1 Å². The second-order valence-corrected chi connectivity index (χ2v) is 8.84. The van der Waals surface area contributed by atoms with Gasteiger partial charge in [0.25, 0.3) is 5.91 Å². The first kappa shape index (κ1) is 21.2. The van der Waals surface area contributed by atoms with E-state index in [4.69, 9.17) is 4.74 Å². The van der Waals surface area contributed by atoms with Crippen LogP contribution < -0.4 is 15.0 Å².